The van der Waals surface area contributed by atoms with Gasteiger partial charge in [0.15, 0.2) is 0 Å². The number of nitrogens with two attached hydrogens (primary N) is 2. The van der Waals surface area contributed by atoms with Gasteiger partial charge in [-0.15, -0.1) is 0 Å². The number of hydrogen-bond donors (Lipinski definition) is 2. The van der Waals surface area contributed by atoms with Gasteiger partial charge in [0, 0.05) is 22.5 Å². The van der Waals surface area contributed by atoms with Crippen LogP contribution in [0.15, 0.2) is 42.5 Å². The van der Waals surface area contributed by atoms with Gasteiger partial charge in [0.05, 0.1) is 0 Å². The number of rotatable bonds is 0. The molecule has 4 N–H and O–H groups in total. The highest BCUT2D eigenvalue weighted by molar-refractivity contribution is 5.62. The fourth-order valence-corrected chi connectivity index (χ4v) is 1.52. The largest absolute Gasteiger partial charge is 0.398 e. The highest BCUT2D eigenvalue weighted by Gasteiger charge is 1.96. The Kier molecular flexibility index (Phi) is 3.02. The number of nitrogen functional groups attached to an aromatic ring is 2. The Morgan fingerprint density at radius 1 is 0.824 bits per heavy atom. The lowest BCUT2D eigenvalue weighted by atomic mass is 10.1. The maximum absolute atomic E-state index is 5.86. The summed E-state index contributed by atoms with van der Waals surface area (Å²) in [7, 11) is 0. The molecule has 0 heterocycles. The molecule has 0 aliphatic heterocycles. The minimum Gasteiger partial charge on any atom is -0.398 e. The van der Waals surface area contributed by atoms with E-state index >= 15 is 0 Å². The van der Waals surface area contributed by atoms with E-state index in [0.29, 0.717) is 11.4 Å². The van der Waals surface area contributed by atoms with Crippen molar-refractivity contribution in [1.29, 1.82) is 0 Å². The lowest BCUT2D eigenvalue weighted by Gasteiger charge is -1.99. The first-order chi connectivity index (χ1) is 8.16. The summed E-state index contributed by atoms with van der Waals surface area (Å²) in [5, 5.41) is 0. The van der Waals surface area contributed by atoms with Crippen molar-refractivity contribution in [3.8, 4) is 11.8 Å². The summed E-state index contributed by atoms with van der Waals surface area (Å²) in [4.78, 5) is 0. The minimum atomic E-state index is 0.686. The Labute approximate surface area is 101 Å². The van der Waals surface area contributed by atoms with E-state index in [1.807, 2.05) is 49.4 Å². The SMILES string of the molecule is Cc1ccc(N)c(C#Cc2ccccc2N)c1. The van der Waals surface area contributed by atoms with Gasteiger partial charge < -0.3 is 11.5 Å². The van der Waals surface area contributed by atoms with Gasteiger partial charge in [-0.2, -0.15) is 0 Å². The molecular weight excluding hydrogens is 208 g/mol. The Morgan fingerprint density at radius 2 is 1.47 bits per heavy atom. The molecule has 0 saturated carbocycles. The molecule has 2 rings (SSSR count). The molecule has 0 aromatic heterocycles. The molecule has 0 bridgehead atoms. The standard InChI is InChI=1S/C15H14N2/c1-11-6-9-15(17)13(10-11)8-7-12-4-2-3-5-14(12)16/h2-6,9-10H,16-17H2,1H3. The van der Waals surface area contributed by atoms with Crippen LogP contribution in [0.4, 0.5) is 11.4 Å². The zero-order chi connectivity index (χ0) is 12.3. The molecule has 2 nitrogen and oxygen atoms in total. The monoisotopic (exact) mass is 222 g/mol. The Balaban J connectivity index is 2.40. The number of hydrogen-bond acceptors (Lipinski definition) is 2. The normalized spacial score (nSPS) is 9.47. The average molecular weight is 222 g/mol. The van der Waals surface area contributed by atoms with Crippen LogP contribution in [0.1, 0.15) is 16.7 Å². The zero-order valence-electron chi connectivity index (χ0n) is 9.70. The molecule has 0 aliphatic rings. The summed E-state index contributed by atoms with van der Waals surface area (Å²) in [6.07, 6.45) is 0. The molecule has 2 aromatic rings. The smallest absolute Gasteiger partial charge is 0.0481 e. The summed E-state index contributed by atoms with van der Waals surface area (Å²) in [6, 6.07) is 13.4. The summed E-state index contributed by atoms with van der Waals surface area (Å²) >= 11 is 0. The van der Waals surface area contributed by atoms with E-state index in [0.717, 1.165) is 16.7 Å². The van der Waals surface area contributed by atoms with Crippen molar-refractivity contribution in [3.05, 3.63) is 59.2 Å². The van der Waals surface area contributed by atoms with E-state index in [9.17, 15) is 0 Å². The molecule has 0 saturated heterocycles. The molecule has 84 valence electrons. The lowest BCUT2D eigenvalue weighted by Crippen LogP contribution is -1.91. The van der Waals surface area contributed by atoms with Crippen LogP contribution >= 0.6 is 0 Å². The van der Waals surface area contributed by atoms with Crippen LogP contribution in [0.25, 0.3) is 0 Å². The van der Waals surface area contributed by atoms with Crippen LogP contribution in [0, 0.1) is 18.8 Å². The molecule has 0 spiro atoms. The first kappa shape index (κ1) is 11.1. The summed E-state index contributed by atoms with van der Waals surface area (Å²) in [5.74, 6) is 6.10. The van der Waals surface area contributed by atoms with Crippen LogP contribution in [0.5, 0.6) is 0 Å². The third-order valence-corrected chi connectivity index (χ3v) is 2.50. The second-order valence-electron chi connectivity index (χ2n) is 3.93. The second-order valence-corrected chi connectivity index (χ2v) is 3.93. The zero-order valence-corrected chi connectivity index (χ0v) is 9.70. The van der Waals surface area contributed by atoms with E-state index in [2.05, 4.69) is 11.8 Å². The van der Waals surface area contributed by atoms with Crippen molar-refractivity contribution >= 4 is 11.4 Å². The number of aryl methyl sites for hydroxylation is 1. The first-order valence-electron chi connectivity index (χ1n) is 5.39. The predicted molar refractivity (Wildman–Crippen MR) is 72.4 cm³/mol. The molecule has 17 heavy (non-hydrogen) atoms. The average Bonchev–Trinajstić information content (AvgIpc) is 2.32. The molecule has 0 aliphatic carbocycles. The summed E-state index contributed by atoms with van der Waals surface area (Å²) in [6.45, 7) is 2.02. The molecule has 0 radical (unpaired) electrons. The maximum atomic E-state index is 5.86. The van der Waals surface area contributed by atoms with Gasteiger partial charge in [-0.1, -0.05) is 30.0 Å². The first-order valence-corrected chi connectivity index (χ1v) is 5.39. The van der Waals surface area contributed by atoms with Crippen LogP contribution < -0.4 is 11.5 Å². The quantitative estimate of drug-likeness (QED) is 0.531. The second kappa shape index (κ2) is 4.63. The van der Waals surface area contributed by atoms with Crippen LogP contribution in [0.2, 0.25) is 0 Å². The van der Waals surface area contributed by atoms with E-state index in [4.69, 9.17) is 11.5 Å². The maximum Gasteiger partial charge on any atom is 0.0481 e. The highest BCUT2D eigenvalue weighted by Crippen LogP contribution is 2.13. The van der Waals surface area contributed by atoms with Gasteiger partial charge in [-0.25, -0.2) is 0 Å². The van der Waals surface area contributed by atoms with E-state index in [1.54, 1.807) is 0 Å². The molecule has 0 atom stereocenters. The molecule has 0 amide bonds. The number of benzene rings is 2. The van der Waals surface area contributed by atoms with Crippen molar-refractivity contribution in [1.82, 2.24) is 0 Å². The Morgan fingerprint density at radius 3 is 2.24 bits per heavy atom. The van der Waals surface area contributed by atoms with Gasteiger partial charge >= 0.3 is 0 Å². The summed E-state index contributed by atoms with van der Waals surface area (Å²) in [5.41, 5.74) is 15.9. The molecule has 0 unspecified atom stereocenters. The summed E-state index contributed by atoms with van der Waals surface area (Å²) < 4.78 is 0. The van der Waals surface area contributed by atoms with Crippen LogP contribution in [-0.2, 0) is 0 Å². The third-order valence-electron chi connectivity index (χ3n) is 2.50. The fraction of sp³-hybridized carbons (Fsp3) is 0.0667. The molecule has 2 aromatic carbocycles. The predicted octanol–water partition coefficient (Wildman–Crippen LogP) is 2.56. The number of para-hydroxylation sites is 1. The molecular formula is C15H14N2. The van der Waals surface area contributed by atoms with Gasteiger partial charge in [-0.05, 0) is 36.8 Å². The van der Waals surface area contributed by atoms with Crippen molar-refractivity contribution in [3.63, 3.8) is 0 Å². The van der Waals surface area contributed by atoms with Crippen molar-refractivity contribution < 1.29 is 0 Å². The van der Waals surface area contributed by atoms with Crippen LogP contribution in [-0.4, -0.2) is 0 Å². The van der Waals surface area contributed by atoms with Crippen molar-refractivity contribution in [2.24, 2.45) is 0 Å². The minimum absolute atomic E-state index is 0.686. The third kappa shape index (κ3) is 2.59. The molecule has 0 fully saturated rings. The van der Waals surface area contributed by atoms with E-state index in [1.165, 1.54) is 0 Å². The van der Waals surface area contributed by atoms with Gasteiger partial charge in [0.2, 0.25) is 0 Å². The highest BCUT2D eigenvalue weighted by atomic mass is 14.6. The van der Waals surface area contributed by atoms with Crippen molar-refractivity contribution in [2.45, 2.75) is 6.92 Å². The molecule has 2 heteroatoms. The lowest BCUT2D eigenvalue weighted by molar-refractivity contribution is 1.45. The van der Waals surface area contributed by atoms with Crippen molar-refractivity contribution in [2.75, 3.05) is 11.5 Å². The Bertz CT molecular complexity index is 604. The van der Waals surface area contributed by atoms with Gasteiger partial charge in [-0.3, -0.25) is 0 Å². The van der Waals surface area contributed by atoms with Gasteiger partial charge in [0.25, 0.3) is 0 Å². The number of anilines is 2. The van der Waals surface area contributed by atoms with E-state index < -0.39 is 0 Å². The fourth-order valence-electron chi connectivity index (χ4n) is 1.52. The van der Waals surface area contributed by atoms with Crippen LogP contribution in [0.3, 0.4) is 0 Å². The Hall–Kier alpha value is -2.40. The van der Waals surface area contributed by atoms with E-state index in [-0.39, 0.29) is 0 Å². The topological polar surface area (TPSA) is 52.0 Å². The van der Waals surface area contributed by atoms with Gasteiger partial charge in [0.1, 0.15) is 0 Å².